The Labute approximate surface area is 145 Å². The molecule has 3 heteroatoms. The Kier molecular flexibility index (Phi) is 7.13. The minimum absolute atomic E-state index is 0.285. The first kappa shape index (κ1) is 18.3. The summed E-state index contributed by atoms with van der Waals surface area (Å²) in [5.74, 6) is 2.65. The van der Waals surface area contributed by atoms with Gasteiger partial charge >= 0.3 is 0 Å². The molecule has 0 aliphatic heterocycles. The van der Waals surface area contributed by atoms with E-state index in [9.17, 15) is 0 Å². The van der Waals surface area contributed by atoms with Crippen LogP contribution in [0.3, 0.4) is 0 Å². The molecule has 3 nitrogen and oxygen atoms in total. The molecular formula is C21H29NO2. The lowest BCUT2D eigenvalue weighted by atomic mass is 9.92. The molecule has 0 amide bonds. The van der Waals surface area contributed by atoms with Gasteiger partial charge in [0, 0.05) is 5.92 Å². The van der Waals surface area contributed by atoms with Gasteiger partial charge in [-0.25, -0.2) is 0 Å². The van der Waals surface area contributed by atoms with Gasteiger partial charge in [0.25, 0.3) is 0 Å². The lowest BCUT2D eigenvalue weighted by molar-refractivity contribution is 0.271. The first-order valence-electron chi connectivity index (χ1n) is 8.77. The Morgan fingerprint density at radius 2 is 1.71 bits per heavy atom. The Morgan fingerprint density at radius 3 is 2.33 bits per heavy atom. The van der Waals surface area contributed by atoms with Gasteiger partial charge in [0.05, 0.1) is 13.2 Å². The molecule has 0 spiro atoms. The van der Waals surface area contributed by atoms with Crippen LogP contribution in [0, 0.1) is 5.92 Å². The van der Waals surface area contributed by atoms with Gasteiger partial charge < -0.3 is 15.2 Å². The third-order valence-electron chi connectivity index (χ3n) is 3.91. The maximum atomic E-state index is 6.02. The molecule has 0 aromatic heterocycles. The Bertz CT molecular complexity index is 607. The van der Waals surface area contributed by atoms with E-state index in [-0.39, 0.29) is 5.92 Å². The van der Waals surface area contributed by atoms with Crippen molar-refractivity contribution in [2.45, 2.75) is 33.1 Å². The van der Waals surface area contributed by atoms with Crippen molar-refractivity contribution in [1.29, 1.82) is 0 Å². The molecule has 2 N–H and O–H groups in total. The van der Waals surface area contributed by atoms with Crippen molar-refractivity contribution in [2.75, 3.05) is 19.8 Å². The molecule has 0 fully saturated rings. The van der Waals surface area contributed by atoms with Gasteiger partial charge in [-0.05, 0) is 61.2 Å². The molecule has 0 heterocycles. The molecule has 2 rings (SSSR count). The van der Waals surface area contributed by atoms with Crippen LogP contribution < -0.4 is 15.2 Å². The molecule has 24 heavy (non-hydrogen) atoms. The lowest BCUT2D eigenvalue weighted by Crippen LogP contribution is -2.15. The van der Waals surface area contributed by atoms with Crippen molar-refractivity contribution in [2.24, 2.45) is 11.7 Å². The summed E-state index contributed by atoms with van der Waals surface area (Å²) in [6, 6.07) is 16.6. The van der Waals surface area contributed by atoms with Crippen LogP contribution in [0.5, 0.6) is 11.5 Å². The fourth-order valence-corrected chi connectivity index (χ4v) is 2.63. The Morgan fingerprint density at radius 1 is 0.958 bits per heavy atom. The summed E-state index contributed by atoms with van der Waals surface area (Å²) < 4.78 is 11.3. The third-order valence-corrected chi connectivity index (χ3v) is 3.91. The highest BCUT2D eigenvalue weighted by Gasteiger charge is 2.12. The average Bonchev–Trinajstić information content (AvgIpc) is 2.59. The number of benzene rings is 2. The minimum atomic E-state index is 0.285. The number of ether oxygens (including phenoxy) is 2. The molecule has 2 aromatic rings. The number of rotatable bonds is 9. The summed E-state index contributed by atoms with van der Waals surface area (Å²) in [5, 5.41) is 0. The van der Waals surface area contributed by atoms with Crippen molar-refractivity contribution in [3.63, 3.8) is 0 Å². The van der Waals surface area contributed by atoms with E-state index in [4.69, 9.17) is 15.2 Å². The second kappa shape index (κ2) is 9.33. The first-order valence-corrected chi connectivity index (χ1v) is 8.77. The van der Waals surface area contributed by atoms with Gasteiger partial charge in [-0.15, -0.1) is 0 Å². The summed E-state index contributed by atoms with van der Waals surface area (Å²) in [6.45, 7) is 8.33. The molecule has 0 radical (unpaired) electrons. The molecule has 2 aromatic carbocycles. The van der Waals surface area contributed by atoms with E-state index in [0.717, 1.165) is 24.5 Å². The zero-order valence-corrected chi connectivity index (χ0v) is 15.0. The molecule has 1 atom stereocenters. The fraction of sp³-hybridized carbons (Fsp3) is 0.429. The lowest BCUT2D eigenvalue weighted by Gasteiger charge is -2.17. The summed E-state index contributed by atoms with van der Waals surface area (Å²) >= 11 is 0. The van der Waals surface area contributed by atoms with Gasteiger partial charge in [-0.2, -0.15) is 0 Å². The van der Waals surface area contributed by atoms with Crippen molar-refractivity contribution in [3.8, 4) is 11.5 Å². The predicted molar refractivity (Wildman–Crippen MR) is 99.9 cm³/mol. The zero-order chi connectivity index (χ0) is 17.4. The summed E-state index contributed by atoms with van der Waals surface area (Å²) in [4.78, 5) is 0. The topological polar surface area (TPSA) is 44.5 Å². The van der Waals surface area contributed by atoms with Crippen LogP contribution >= 0.6 is 0 Å². The maximum Gasteiger partial charge on any atom is 0.119 e. The first-order chi connectivity index (χ1) is 11.6. The highest BCUT2D eigenvalue weighted by atomic mass is 16.5. The quantitative estimate of drug-likeness (QED) is 0.742. The van der Waals surface area contributed by atoms with Crippen molar-refractivity contribution >= 4 is 0 Å². The minimum Gasteiger partial charge on any atom is -0.494 e. The average molecular weight is 327 g/mol. The normalized spacial score (nSPS) is 12.2. The van der Waals surface area contributed by atoms with Gasteiger partial charge in [0.2, 0.25) is 0 Å². The van der Waals surface area contributed by atoms with E-state index in [1.807, 2.05) is 31.2 Å². The van der Waals surface area contributed by atoms with Crippen molar-refractivity contribution < 1.29 is 9.47 Å². The van der Waals surface area contributed by atoms with Gasteiger partial charge in [0.15, 0.2) is 0 Å². The molecule has 0 saturated heterocycles. The van der Waals surface area contributed by atoms with E-state index in [0.29, 0.717) is 19.1 Å². The number of hydrogen-bond acceptors (Lipinski definition) is 3. The molecular weight excluding hydrogens is 298 g/mol. The van der Waals surface area contributed by atoms with Crippen LogP contribution in [-0.2, 0) is 6.42 Å². The van der Waals surface area contributed by atoms with Crippen molar-refractivity contribution in [3.05, 3.63) is 59.7 Å². The SMILES string of the molecule is CCOc1cccc(C(CN)Cc2ccc(OCC(C)C)cc2)c1. The van der Waals surface area contributed by atoms with Crippen LogP contribution in [0.2, 0.25) is 0 Å². The molecule has 0 aliphatic carbocycles. The fourth-order valence-electron chi connectivity index (χ4n) is 2.63. The van der Waals surface area contributed by atoms with Gasteiger partial charge in [-0.3, -0.25) is 0 Å². The number of nitrogens with two attached hydrogens (primary N) is 1. The molecule has 0 bridgehead atoms. The van der Waals surface area contributed by atoms with Crippen LogP contribution in [0.25, 0.3) is 0 Å². The summed E-state index contributed by atoms with van der Waals surface area (Å²) in [7, 11) is 0. The molecule has 0 saturated carbocycles. The molecule has 1 unspecified atom stereocenters. The van der Waals surface area contributed by atoms with E-state index >= 15 is 0 Å². The second-order valence-corrected chi connectivity index (χ2v) is 6.49. The number of hydrogen-bond donors (Lipinski definition) is 1. The van der Waals surface area contributed by atoms with Crippen LogP contribution in [0.1, 0.15) is 37.8 Å². The zero-order valence-electron chi connectivity index (χ0n) is 15.0. The van der Waals surface area contributed by atoms with Gasteiger partial charge in [-0.1, -0.05) is 38.1 Å². The summed E-state index contributed by atoms with van der Waals surface area (Å²) in [5.41, 5.74) is 8.52. The molecule has 130 valence electrons. The second-order valence-electron chi connectivity index (χ2n) is 6.49. The highest BCUT2D eigenvalue weighted by molar-refractivity contribution is 5.34. The van der Waals surface area contributed by atoms with E-state index in [2.05, 4.69) is 38.1 Å². The largest absolute Gasteiger partial charge is 0.494 e. The van der Waals surface area contributed by atoms with Crippen LogP contribution in [-0.4, -0.2) is 19.8 Å². The maximum absolute atomic E-state index is 6.02. The van der Waals surface area contributed by atoms with E-state index in [1.54, 1.807) is 0 Å². The molecule has 0 aliphatic rings. The van der Waals surface area contributed by atoms with Gasteiger partial charge in [0.1, 0.15) is 11.5 Å². The smallest absolute Gasteiger partial charge is 0.119 e. The summed E-state index contributed by atoms with van der Waals surface area (Å²) in [6.07, 6.45) is 0.913. The monoisotopic (exact) mass is 327 g/mol. The van der Waals surface area contributed by atoms with Crippen molar-refractivity contribution in [1.82, 2.24) is 0 Å². The highest BCUT2D eigenvalue weighted by Crippen LogP contribution is 2.25. The van der Waals surface area contributed by atoms with E-state index in [1.165, 1.54) is 11.1 Å². The Hall–Kier alpha value is -2.00. The third kappa shape index (κ3) is 5.57. The predicted octanol–water partition coefficient (Wildman–Crippen LogP) is 4.41. The van der Waals surface area contributed by atoms with E-state index < -0.39 is 0 Å². The van der Waals surface area contributed by atoms with Crippen LogP contribution in [0.4, 0.5) is 0 Å². The standard InChI is InChI=1S/C21H29NO2/c1-4-23-21-7-5-6-18(13-21)19(14-22)12-17-8-10-20(11-9-17)24-15-16(2)3/h5-11,13,16,19H,4,12,14-15,22H2,1-3H3. The Balaban J connectivity index is 2.03. The van der Waals surface area contributed by atoms with Crippen LogP contribution in [0.15, 0.2) is 48.5 Å².